The molecule has 0 spiro atoms. The minimum atomic E-state index is -0.0128. The molecule has 13 heavy (non-hydrogen) atoms. The third-order valence-corrected chi connectivity index (χ3v) is 3.13. The first-order valence-corrected chi connectivity index (χ1v) is 5.25. The summed E-state index contributed by atoms with van der Waals surface area (Å²) in [5.41, 5.74) is 3.68. The summed E-state index contributed by atoms with van der Waals surface area (Å²) >= 11 is 11.6. The highest BCUT2D eigenvalue weighted by Gasteiger charge is 2.23. The fourth-order valence-corrected chi connectivity index (χ4v) is 2.48. The van der Waals surface area contributed by atoms with Gasteiger partial charge in [0, 0.05) is 13.2 Å². The van der Waals surface area contributed by atoms with Crippen LogP contribution in [-0.2, 0) is 7.05 Å². The van der Waals surface area contributed by atoms with Gasteiger partial charge in [-0.1, -0.05) is 23.4 Å². The van der Waals surface area contributed by atoms with Crippen LogP contribution in [0.15, 0.2) is 11.3 Å². The second-order valence-electron chi connectivity index (χ2n) is 2.56. The molecule has 7 heteroatoms. The molecule has 1 aromatic rings. The number of aromatic nitrogens is 2. The van der Waals surface area contributed by atoms with Gasteiger partial charge in [-0.15, -0.1) is 12.6 Å². The van der Waals surface area contributed by atoms with Gasteiger partial charge in [-0.3, -0.25) is 10.1 Å². The van der Waals surface area contributed by atoms with Crippen LogP contribution in [0.25, 0.3) is 0 Å². The smallest absolute Gasteiger partial charge is 0.149 e. The fraction of sp³-hybridized carbons (Fsp3) is 0.333. The van der Waals surface area contributed by atoms with Gasteiger partial charge in [0.25, 0.3) is 0 Å². The van der Waals surface area contributed by atoms with Crippen molar-refractivity contribution >= 4 is 40.4 Å². The normalized spacial score (nSPS) is 21.5. The molecule has 0 saturated heterocycles. The number of thiol groups is 1. The van der Waals surface area contributed by atoms with Gasteiger partial charge in [0.1, 0.15) is 15.4 Å². The van der Waals surface area contributed by atoms with Crippen molar-refractivity contribution < 1.29 is 0 Å². The van der Waals surface area contributed by atoms with Crippen molar-refractivity contribution in [3.05, 3.63) is 16.9 Å². The SMILES string of the molecule is Cn1cc(Cl)c(C2NN=C(S)S2)n1. The Bertz CT molecular complexity index is 362. The van der Waals surface area contributed by atoms with Gasteiger partial charge in [-0.05, 0) is 0 Å². The first kappa shape index (κ1) is 9.23. The average Bonchev–Trinajstić information content (AvgIpc) is 2.58. The molecule has 1 atom stereocenters. The number of hydrogen-bond acceptors (Lipinski definition) is 4. The van der Waals surface area contributed by atoms with Crippen LogP contribution in [0.2, 0.25) is 5.02 Å². The summed E-state index contributed by atoms with van der Waals surface area (Å²) in [4.78, 5) is 0. The summed E-state index contributed by atoms with van der Waals surface area (Å²) in [6.45, 7) is 0. The van der Waals surface area contributed by atoms with Gasteiger partial charge in [-0.25, -0.2) is 0 Å². The summed E-state index contributed by atoms with van der Waals surface area (Å²) in [5, 5.41) is 8.78. The van der Waals surface area contributed by atoms with Crippen LogP contribution in [0.5, 0.6) is 0 Å². The van der Waals surface area contributed by atoms with Crippen LogP contribution >= 0.6 is 36.0 Å². The van der Waals surface area contributed by atoms with Crippen LogP contribution in [-0.4, -0.2) is 14.2 Å². The maximum Gasteiger partial charge on any atom is 0.149 e. The quantitative estimate of drug-likeness (QED) is 0.726. The Morgan fingerprint density at radius 1 is 1.77 bits per heavy atom. The lowest BCUT2D eigenvalue weighted by molar-refractivity contribution is 0.683. The van der Waals surface area contributed by atoms with Crippen molar-refractivity contribution in [2.45, 2.75) is 5.37 Å². The molecule has 1 N–H and O–H groups in total. The lowest BCUT2D eigenvalue weighted by Gasteiger charge is -2.04. The van der Waals surface area contributed by atoms with E-state index >= 15 is 0 Å². The standard InChI is InChI=1S/C6H7ClN4S2/c1-11-2-3(7)4(10-11)5-8-9-6(12)13-5/h2,5,8H,1H3,(H,9,12). The van der Waals surface area contributed by atoms with E-state index in [0.717, 1.165) is 5.69 Å². The first-order chi connectivity index (χ1) is 6.16. The van der Waals surface area contributed by atoms with Gasteiger partial charge >= 0.3 is 0 Å². The molecule has 0 radical (unpaired) electrons. The maximum atomic E-state index is 5.96. The van der Waals surface area contributed by atoms with E-state index in [4.69, 9.17) is 11.6 Å². The van der Waals surface area contributed by atoms with E-state index in [-0.39, 0.29) is 5.37 Å². The molecule has 1 unspecified atom stereocenters. The van der Waals surface area contributed by atoms with Crippen LogP contribution in [0.1, 0.15) is 11.1 Å². The Balaban J connectivity index is 2.22. The lowest BCUT2D eigenvalue weighted by Crippen LogP contribution is -2.08. The van der Waals surface area contributed by atoms with E-state index in [1.807, 2.05) is 7.05 Å². The van der Waals surface area contributed by atoms with E-state index in [0.29, 0.717) is 9.40 Å². The van der Waals surface area contributed by atoms with Gasteiger partial charge in [0.15, 0.2) is 0 Å². The van der Waals surface area contributed by atoms with Crippen molar-refractivity contribution in [3.63, 3.8) is 0 Å². The molecule has 4 nitrogen and oxygen atoms in total. The van der Waals surface area contributed by atoms with Gasteiger partial charge in [0.2, 0.25) is 0 Å². The van der Waals surface area contributed by atoms with Crippen LogP contribution < -0.4 is 5.43 Å². The van der Waals surface area contributed by atoms with Crippen LogP contribution in [0, 0.1) is 0 Å². The molecule has 0 aliphatic carbocycles. The zero-order valence-corrected chi connectivity index (χ0v) is 9.20. The van der Waals surface area contributed by atoms with E-state index in [9.17, 15) is 0 Å². The number of halogens is 1. The van der Waals surface area contributed by atoms with E-state index in [1.165, 1.54) is 11.8 Å². The number of thioether (sulfide) groups is 1. The largest absolute Gasteiger partial charge is 0.289 e. The monoisotopic (exact) mass is 234 g/mol. The maximum absolute atomic E-state index is 5.96. The Kier molecular flexibility index (Phi) is 2.44. The number of hydrazone groups is 1. The summed E-state index contributed by atoms with van der Waals surface area (Å²) < 4.78 is 2.38. The number of aryl methyl sites for hydroxylation is 1. The Hall–Kier alpha value is -0.330. The number of rotatable bonds is 1. The predicted molar refractivity (Wildman–Crippen MR) is 58.1 cm³/mol. The highest BCUT2D eigenvalue weighted by atomic mass is 35.5. The third-order valence-electron chi connectivity index (χ3n) is 1.56. The minimum absolute atomic E-state index is 0.0128. The topological polar surface area (TPSA) is 42.2 Å². The number of nitrogens with zero attached hydrogens (tertiary/aromatic N) is 3. The molecule has 70 valence electrons. The molecule has 2 heterocycles. The lowest BCUT2D eigenvalue weighted by atomic mass is 10.4. The predicted octanol–water partition coefficient (Wildman–Crippen LogP) is 1.61. The van der Waals surface area contributed by atoms with E-state index in [2.05, 4.69) is 28.3 Å². The molecule has 1 aliphatic heterocycles. The van der Waals surface area contributed by atoms with Crippen molar-refractivity contribution in [1.82, 2.24) is 15.2 Å². The first-order valence-electron chi connectivity index (χ1n) is 3.54. The van der Waals surface area contributed by atoms with Crippen LogP contribution in [0.4, 0.5) is 0 Å². The van der Waals surface area contributed by atoms with E-state index < -0.39 is 0 Å². The molecule has 1 aliphatic rings. The molecule has 1 aromatic heterocycles. The summed E-state index contributed by atoms with van der Waals surface area (Å²) in [5.74, 6) is 0. The molecular weight excluding hydrogens is 228 g/mol. The summed E-state index contributed by atoms with van der Waals surface area (Å²) in [6.07, 6.45) is 1.76. The highest BCUT2D eigenvalue weighted by Crippen LogP contribution is 2.35. The zero-order valence-electron chi connectivity index (χ0n) is 6.73. The molecule has 2 rings (SSSR count). The van der Waals surface area contributed by atoms with Gasteiger partial charge < -0.3 is 0 Å². The zero-order chi connectivity index (χ0) is 9.42. The number of hydrogen-bond donors (Lipinski definition) is 2. The van der Waals surface area contributed by atoms with E-state index in [1.54, 1.807) is 10.9 Å². The molecule has 0 fully saturated rings. The Morgan fingerprint density at radius 3 is 3.00 bits per heavy atom. The third kappa shape index (κ3) is 1.79. The molecule has 0 amide bonds. The van der Waals surface area contributed by atoms with Crippen molar-refractivity contribution in [1.29, 1.82) is 0 Å². The summed E-state index contributed by atoms with van der Waals surface area (Å²) in [6, 6.07) is 0. The highest BCUT2D eigenvalue weighted by molar-refractivity contribution is 8.32. The van der Waals surface area contributed by atoms with Crippen molar-refractivity contribution in [2.24, 2.45) is 12.1 Å². The average molecular weight is 235 g/mol. The van der Waals surface area contributed by atoms with Crippen LogP contribution in [0.3, 0.4) is 0 Å². The minimum Gasteiger partial charge on any atom is -0.289 e. The molecule has 0 saturated carbocycles. The van der Waals surface area contributed by atoms with Gasteiger partial charge in [-0.2, -0.15) is 10.2 Å². The molecule has 0 aromatic carbocycles. The molecule has 0 bridgehead atoms. The second-order valence-corrected chi connectivity index (χ2v) is 4.78. The Labute approximate surface area is 90.1 Å². The second kappa shape index (κ2) is 3.43. The molecular formula is C6H7ClN4S2. The fourth-order valence-electron chi connectivity index (χ4n) is 1.04. The number of nitrogens with one attached hydrogen (secondary N) is 1. The Morgan fingerprint density at radius 2 is 2.54 bits per heavy atom. The van der Waals surface area contributed by atoms with Crippen molar-refractivity contribution in [2.75, 3.05) is 0 Å². The van der Waals surface area contributed by atoms with Crippen molar-refractivity contribution in [3.8, 4) is 0 Å². The summed E-state index contributed by atoms with van der Waals surface area (Å²) in [7, 11) is 1.83. The van der Waals surface area contributed by atoms with Gasteiger partial charge in [0.05, 0.1) is 5.02 Å².